The molecular weight excluding hydrogens is 494 g/mol. The van der Waals surface area contributed by atoms with Crippen molar-refractivity contribution in [2.75, 3.05) is 18.9 Å². The van der Waals surface area contributed by atoms with Gasteiger partial charge in [-0.15, -0.1) is 0 Å². The van der Waals surface area contributed by atoms with Crippen LogP contribution in [0.2, 0.25) is 0 Å². The number of esters is 1. The molecule has 0 radical (unpaired) electrons. The number of fused-ring (bicyclic) bond motifs is 1. The molecule has 0 aromatic carbocycles. The Morgan fingerprint density at radius 1 is 0.949 bits per heavy atom. The Balaban J connectivity index is 1.41. The number of nitrogens with one attached hydrogen (secondary N) is 1. The smallest absolute Gasteiger partial charge is 0.305 e. The molecule has 2 rings (SSSR count). The minimum atomic E-state index is -0.393. The van der Waals surface area contributed by atoms with Crippen LogP contribution < -0.4 is 11.3 Å². The summed E-state index contributed by atoms with van der Waals surface area (Å²) in [5.41, 5.74) is 5.83. The number of ether oxygens (including phenoxy) is 1. The second-order valence-electron chi connectivity index (χ2n) is 11.0. The summed E-state index contributed by atoms with van der Waals surface area (Å²) < 4.78 is 7.08. The first-order valence-electron chi connectivity index (χ1n) is 15.5. The third-order valence-corrected chi connectivity index (χ3v) is 7.48. The van der Waals surface area contributed by atoms with Gasteiger partial charge in [-0.1, -0.05) is 110 Å². The number of H-pyrrole nitrogens is 1. The van der Waals surface area contributed by atoms with Crippen molar-refractivity contribution in [3.63, 3.8) is 0 Å². The Morgan fingerprint density at radius 3 is 2.03 bits per heavy atom. The van der Waals surface area contributed by atoms with Gasteiger partial charge in [0.05, 0.1) is 12.9 Å². The van der Waals surface area contributed by atoms with Gasteiger partial charge >= 0.3 is 5.97 Å². The molecule has 2 heterocycles. The zero-order valence-corrected chi connectivity index (χ0v) is 24.3. The monoisotopic (exact) mass is 547 g/mol. The van der Waals surface area contributed by atoms with E-state index in [1.165, 1.54) is 103 Å². The number of nitrogen functional groups attached to an aromatic ring is 1. The zero-order valence-electron chi connectivity index (χ0n) is 24.3. The quantitative estimate of drug-likeness (QED) is 0.104. The fourth-order valence-electron chi connectivity index (χ4n) is 5.03. The third kappa shape index (κ3) is 14.0. The van der Waals surface area contributed by atoms with Crippen molar-refractivity contribution in [1.29, 1.82) is 0 Å². The highest BCUT2D eigenvalue weighted by Gasteiger charge is 2.15. The molecule has 0 aliphatic carbocycles. The summed E-state index contributed by atoms with van der Waals surface area (Å²) in [6.45, 7) is 2.86. The topological polar surface area (TPSA) is 136 Å². The Labute approximate surface area is 234 Å². The molecule has 0 aliphatic heterocycles. The van der Waals surface area contributed by atoms with Crippen LogP contribution in [0, 0.1) is 5.92 Å². The average molecular weight is 548 g/mol. The molecule has 4 N–H and O–H groups in total. The summed E-state index contributed by atoms with van der Waals surface area (Å²) in [7, 11) is 0. The molecule has 0 bridgehead atoms. The van der Waals surface area contributed by atoms with Crippen molar-refractivity contribution in [3.05, 3.63) is 16.7 Å². The number of aliphatic hydroxyl groups excluding tert-OH is 1. The van der Waals surface area contributed by atoms with Crippen molar-refractivity contribution < 1.29 is 14.6 Å². The summed E-state index contributed by atoms with van der Waals surface area (Å²) in [5, 5.41) is 9.75. The molecule has 0 amide bonds. The van der Waals surface area contributed by atoms with E-state index in [0.717, 1.165) is 12.8 Å². The van der Waals surface area contributed by atoms with Crippen LogP contribution in [0.25, 0.3) is 11.2 Å². The maximum absolute atomic E-state index is 12.1. The first kappa shape index (κ1) is 32.8. The molecule has 222 valence electrons. The number of nitrogens with two attached hydrogens (primary N) is 1. The molecule has 0 saturated heterocycles. The predicted molar refractivity (Wildman–Crippen MR) is 157 cm³/mol. The van der Waals surface area contributed by atoms with Crippen LogP contribution >= 0.6 is 0 Å². The SMILES string of the molecule is CCCCCCCCCCCCCCCCCCCC(=O)OCCC(CO)Cn1cnc2c(=O)[nH]c(N)nc21. The van der Waals surface area contributed by atoms with Gasteiger partial charge in [-0.2, -0.15) is 4.98 Å². The van der Waals surface area contributed by atoms with Gasteiger partial charge < -0.3 is 20.1 Å². The number of aromatic nitrogens is 4. The minimum absolute atomic E-state index is 0.0214. The van der Waals surface area contributed by atoms with Gasteiger partial charge in [-0.3, -0.25) is 14.6 Å². The van der Waals surface area contributed by atoms with Crippen molar-refractivity contribution in [2.24, 2.45) is 5.92 Å². The number of anilines is 1. The van der Waals surface area contributed by atoms with E-state index >= 15 is 0 Å². The van der Waals surface area contributed by atoms with Crippen LogP contribution in [-0.4, -0.2) is 43.8 Å². The largest absolute Gasteiger partial charge is 0.466 e. The number of carbonyl (C=O) groups is 1. The number of aliphatic hydroxyl groups is 1. The van der Waals surface area contributed by atoms with Gasteiger partial charge in [0.1, 0.15) is 0 Å². The molecule has 0 aliphatic rings. The van der Waals surface area contributed by atoms with Crippen LogP contribution in [0.1, 0.15) is 129 Å². The standard InChI is InChI=1S/C30H53N5O4/c1-2-3-4-5-6-7-8-9-10-11-12-13-14-15-16-17-18-19-26(37)39-21-20-25(23-36)22-35-24-32-27-28(35)33-30(31)34-29(27)38/h24-25,36H,2-23H2,1H3,(H3,31,33,34,38). The summed E-state index contributed by atoms with van der Waals surface area (Å²) in [5.74, 6) is -0.312. The van der Waals surface area contributed by atoms with Gasteiger partial charge in [-0.25, -0.2) is 4.98 Å². The maximum atomic E-state index is 12.1. The lowest BCUT2D eigenvalue weighted by molar-refractivity contribution is -0.144. The molecule has 2 aromatic rings. The van der Waals surface area contributed by atoms with Crippen LogP contribution in [0.3, 0.4) is 0 Å². The number of carbonyl (C=O) groups excluding carboxylic acids is 1. The first-order chi connectivity index (χ1) is 19.0. The number of rotatable bonds is 24. The highest BCUT2D eigenvalue weighted by molar-refractivity contribution is 5.70. The number of unbranched alkanes of at least 4 members (excludes halogenated alkanes) is 16. The summed E-state index contributed by atoms with van der Waals surface area (Å²) in [4.78, 5) is 34.6. The van der Waals surface area contributed by atoms with Gasteiger partial charge in [0.25, 0.3) is 5.56 Å². The lowest BCUT2D eigenvalue weighted by Crippen LogP contribution is -2.19. The molecular formula is C30H53N5O4. The van der Waals surface area contributed by atoms with E-state index in [4.69, 9.17) is 10.5 Å². The Morgan fingerprint density at radius 2 is 1.49 bits per heavy atom. The fraction of sp³-hybridized carbons (Fsp3) is 0.800. The molecule has 9 nitrogen and oxygen atoms in total. The van der Waals surface area contributed by atoms with Crippen molar-refractivity contribution >= 4 is 23.1 Å². The zero-order chi connectivity index (χ0) is 28.1. The summed E-state index contributed by atoms with van der Waals surface area (Å²) >= 11 is 0. The van der Waals surface area contributed by atoms with E-state index in [0.29, 0.717) is 25.0 Å². The summed E-state index contributed by atoms with van der Waals surface area (Å²) in [6, 6.07) is 0. The van der Waals surface area contributed by atoms with Gasteiger partial charge in [0, 0.05) is 25.5 Å². The lowest BCUT2D eigenvalue weighted by Gasteiger charge is -2.15. The third-order valence-electron chi connectivity index (χ3n) is 7.48. The number of hydrogen-bond acceptors (Lipinski definition) is 7. The maximum Gasteiger partial charge on any atom is 0.305 e. The number of nitrogens with zero attached hydrogens (tertiary/aromatic N) is 3. The highest BCUT2D eigenvalue weighted by atomic mass is 16.5. The molecule has 0 fully saturated rings. The minimum Gasteiger partial charge on any atom is -0.466 e. The molecule has 1 atom stereocenters. The molecule has 39 heavy (non-hydrogen) atoms. The molecule has 0 spiro atoms. The van der Waals surface area contributed by atoms with E-state index in [2.05, 4.69) is 21.9 Å². The number of hydrogen-bond donors (Lipinski definition) is 3. The van der Waals surface area contributed by atoms with Crippen LogP contribution in [0.15, 0.2) is 11.1 Å². The van der Waals surface area contributed by atoms with Crippen molar-refractivity contribution in [1.82, 2.24) is 19.5 Å². The molecule has 2 aromatic heterocycles. The van der Waals surface area contributed by atoms with E-state index in [9.17, 15) is 14.7 Å². The van der Waals surface area contributed by atoms with Gasteiger partial charge in [0.2, 0.25) is 5.95 Å². The van der Waals surface area contributed by atoms with E-state index in [1.54, 1.807) is 4.57 Å². The van der Waals surface area contributed by atoms with E-state index in [1.807, 2.05) is 0 Å². The summed E-state index contributed by atoms with van der Waals surface area (Å²) in [6.07, 6.45) is 24.8. The number of imidazole rings is 1. The first-order valence-corrected chi connectivity index (χ1v) is 15.5. The van der Waals surface area contributed by atoms with Gasteiger partial charge in [0.15, 0.2) is 11.2 Å². The average Bonchev–Trinajstić information content (AvgIpc) is 3.32. The Hall–Kier alpha value is -2.42. The molecule has 0 saturated carbocycles. The number of aromatic amines is 1. The van der Waals surface area contributed by atoms with E-state index in [-0.39, 0.29) is 36.6 Å². The van der Waals surface area contributed by atoms with Gasteiger partial charge in [-0.05, 0) is 12.8 Å². The van der Waals surface area contributed by atoms with Crippen molar-refractivity contribution in [3.8, 4) is 0 Å². The fourth-order valence-corrected chi connectivity index (χ4v) is 5.03. The Kier molecular flexibility index (Phi) is 17.2. The molecule has 9 heteroatoms. The normalized spacial score (nSPS) is 12.3. The van der Waals surface area contributed by atoms with Crippen LogP contribution in [-0.2, 0) is 16.1 Å². The lowest BCUT2D eigenvalue weighted by atomic mass is 10.0. The predicted octanol–water partition coefficient (Wildman–Crippen LogP) is 6.29. The van der Waals surface area contributed by atoms with E-state index < -0.39 is 5.56 Å². The van der Waals surface area contributed by atoms with Crippen molar-refractivity contribution in [2.45, 2.75) is 135 Å². The van der Waals surface area contributed by atoms with Crippen LogP contribution in [0.5, 0.6) is 0 Å². The second-order valence-corrected chi connectivity index (χ2v) is 11.0. The second kappa shape index (κ2) is 20.5. The molecule has 1 unspecified atom stereocenters. The Bertz CT molecular complexity index is 974. The highest BCUT2D eigenvalue weighted by Crippen LogP contribution is 2.15. The van der Waals surface area contributed by atoms with Crippen LogP contribution in [0.4, 0.5) is 5.95 Å².